The van der Waals surface area contributed by atoms with Gasteiger partial charge in [0, 0.05) is 29.7 Å². The van der Waals surface area contributed by atoms with E-state index in [1.807, 2.05) is 18.2 Å². The van der Waals surface area contributed by atoms with E-state index in [4.69, 9.17) is 18.0 Å². The van der Waals surface area contributed by atoms with E-state index in [-0.39, 0.29) is 6.10 Å². The molecule has 2 unspecified atom stereocenters. The van der Waals surface area contributed by atoms with Crippen LogP contribution < -0.4 is 10.6 Å². The first-order valence-electron chi connectivity index (χ1n) is 7.32. The van der Waals surface area contributed by atoms with Crippen LogP contribution in [0.15, 0.2) is 36.4 Å². The van der Waals surface area contributed by atoms with Crippen molar-refractivity contribution < 1.29 is 5.11 Å². The third kappa shape index (κ3) is 2.61. The van der Waals surface area contributed by atoms with Crippen LogP contribution in [-0.2, 0) is 0 Å². The number of benzene rings is 2. The van der Waals surface area contributed by atoms with Gasteiger partial charge in [-0.1, -0.05) is 43.4 Å². The summed E-state index contributed by atoms with van der Waals surface area (Å²) in [5.74, 6) is 0.364. The van der Waals surface area contributed by atoms with Crippen LogP contribution in [0, 0.1) is 5.92 Å². The molecule has 0 saturated carbocycles. The van der Waals surface area contributed by atoms with Crippen LogP contribution in [0.25, 0.3) is 10.8 Å². The summed E-state index contributed by atoms with van der Waals surface area (Å²) in [7, 11) is 0. The minimum absolute atomic E-state index is 0.271. The lowest BCUT2D eigenvalue weighted by Gasteiger charge is -2.36. The highest BCUT2D eigenvalue weighted by Crippen LogP contribution is 2.32. The quantitative estimate of drug-likeness (QED) is 0.837. The first-order chi connectivity index (χ1) is 10.1. The van der Waals surface area contributed by atoms with E-state index in [0.717, 1.165) is 35.0 Å². The van der Waals surface area contributed by atoms with Crippen molar-refractivity contribution in [3.63, 3.8) is 0 Å². The maximum atomic E-state index is 10.1. The van der Waals surface area contributed by atoms with Crippen molar-refractivity contribution in [3.8, 4) is 0 Å². The van der Waals surface area contributed by atoms with Crippen molar-refractivity contribution in [1.82, 2.24) is 0 Å². The zero-order chi connectivity index (χ0) is 15.0. The molecule has 21 heavy (non-hydrogen) atoms. The number of nitrogens with zero attached hydrogens (tertiary/aromatic N) is 1. The summed E-state index contributed by atoms with van der Waals surface area (Å²) in [6.45, 7) is 3.75. The van der Waals surface area contributed by atoms with Gasteiger partial charge in [0.05, 0.1) is 6.10 Å². The van der Waals surface area contributed by atoms with Crippen LogP contribution in [-0.4, -0.2) is 29.3 Å². The van der Waals surface area contributed by atoms with Crippen LogP contribution in [0.3, 0.4) is 0 Å². The molecule has 4 heteroatoms. The SMILES string of the molecule is CC1CCN(c2ccc(C(N)=S)c3ccccc23)CC1O. The minimum Gasteiger partial charge on any atom is -0.391 e. The topological polar surface area (TPSA) is 49.5 Å². The molecule has 0 radical (unpaired) electrons. The number of hydrogen-bond acceptors (Lipinski definition) is 3. The van der Waals surface area contributed by atoms with Gasteiger partial charge in [-0.15, -0.1) is 0 Å². The number of thiocarbonyl (C=S) groups is 1. The van der Waals surface area contributed by atoms with Crippen molar-refractivity contribution in [1.29, 1.82) is 0 Å². The number of piperidine rings is 1. The lowest BCUT2D eigenvalue weighted by molar-refractivity contribution is 0.103. The first-order valence-corrected chi connectivity index (χ1v) is 7.73. The number of anilines is 1. The molecule has 0 bridgehead atoms. The van der Waals surface area contributed by atoms with Gasteiger partial charge in [-0.25, -0.2) is 0 Å². The van der Waals surface area contributed by atoms with Gasteiger partial charge in [-0.05, 0) is 29.9 Å². The Labute approximate surface area is 130 Å². The molecule has 0 aromatic heterocycles. The summed E-state index contributed by atoms with van der Waals surface area (Å²) in [5.41, 5.74) is 7.89. The predicted molar refractivity (Wildman–Crippen MR) is 91.8 cm³/mol. The molecule has 110 valence electrons. The number of fused-ring (bicyclic) bond motifs is 1. The maximum Gasteiger partial charge on any atom is 0.104 e. The number of β-amino-alcohol motifs (C(OH)–C–C–N with tert-alkyl or cyclic N) is 1. The van der Waals surface area contributed by atoms with Crippen LogP contribution in [0.2, 0.25) is 0 Å². The second-order valence-electron chi connectivity index (χ2n) is 5.82. The summed E-state index contributed by atoms with van der Waals surface area (Å²) in [6.07, 6.45) is 0.736. The van der Waals surface area contributed by atoms with Gasteiger partial charge in [0.2, 0.25) is 0 Å². The molecule has 3 nitrogen and oxygen atoms in total. The Hall–Kier alpha value is -1.65. The third-order valence-corrected chi connectivity index (χ3v) is 4.65. The molecule has 2 atom stereocenters. The van der Waals surface area contributed by atoms with Crippen molar-refractivity contribution in [3.05, 3.63) is 42.0 Å². The molecule has 1 aliphatic rings. The minimum atomic E-state index is -0.271. The molecule has 1 aliphatic heterocycles. The van der Waals surface area contributed by atoms with Crippen LogP contribution in [0.4, 0.5) is 5.69 Å². The molecule has 0 aliphatic carbocycles. The third-order valence-electron chi connectivity index (χ3n) is 4.43. The predicted octanol–water partition coefficient (Wildman–Crippen LogP) is 2.68. The number of hydrogen-bond donors (Lipinski definition) is 2. The highest BCUT2D eigenvalue weighted by atomic mass is 32.1. The average Bonchev–Trinajstić information content (AvgIpc) is 2.49. The molecule has 1 fully saturated rings. The molecule has 1 heterocycles. The van der Waals surface area contributed by atoms with Crippen molar-refractivity contribution in [2.24, 2.45) is 11.7 Å². The summed E-state index contributed by atoms with van der Waals surface area (Å²) in [6, 6.07) is 12.2. The van der Waals surface area contributed by atoms with Gasteiger partial charge in [0.15, 0.2) is 0 Å². The van der Waals surface area contributed by atoms with Crippen molar-refractivity contribution >= 4 is 33.7 Å². The highest BCUT2D eigenvalue weighted by molar-refractivity contribution is 7.80. The fourth-order valence-electron chi connectivity index (χ4n) is 3.04. The largest absolute Gasteiger partial charge is 0.391 e. The molecule has 0 spiro atoms. The molecule has 2 aromatic rings. The van der Waals surface area contributed by atoms with Gasteiger partial charge < -0.3 is 15.7 Å². The molecule has 3 rings (SSSR count). The number of aliphatic hydroxyl groups is 1. The number of aliphatic hydroxyl groups excluding tert-OH is 1. The van der Waals surface area contributed by atoms with E-state index >= 15 is 0 Å². The van der Waals surface area contributed by atoms with E-state index in [1.54, 1.807) is 0 Å². The van der Waals surface area contributed by atoms with Gasteiger partial charge in [-0.3, -0.25) is 0 Å². The van der Waals surface area contributed by atoms with E-state index in [1.165, 1.54) is 0 Å². The average molecular weight is 300 g/mol. The highest BCUT2D eigenvalue weighted by Gasteiger charge is 2.25. The summed E-state index contributed by atoms with van der Waals surface area (Å²) in [5, 5.41) is 12.4. The molecule has 0 amide bonds. The number of rotatable bonds is 2. The van der Waals surface area contributed by atoms with Crippen LogP contribution in [0.1, 0.15) is 18.9 Å². The standard InChI is InChI=1S/C17H20N2OS/c1-11-8-9-19(10-16(11)20)15-7-6-14(17(18)21)12-4-2-3-5-13(12)15/h2-7,11,16,20H,8-10H2,1H3,(H2,18,21). The van der Waals surface area contributed by atoms with Crippen LogP contribution in [0.5, 0.6) is 0 Å². The molecular formula is C17H20N2OS. The van der Waals surface area contributed by atoms with Gasteiger partial charge in [-0.2, -0.15) is 0 Å². The zero-order valence-corrected chi connectivity index (χ0v) is 12.9. The van der Waals surface area contributed by atoms with Crippen molar-refractivity contribution in [2.45, 2.75) is 19.4 Å². The summed E-state index contributed by atoms with van der Waals surface area (Å²) < 4.78 is 0. The lowest BCUT2D eigenvalue weighted by atomic mass is 9.94. The van der Waals surface area contributed by atoms with E-state index in [2.05, 4.69) is 30.0 Å². The summed E-state index contributed by atoms with van der Waals surface area (Å²) >= 11 is 5.15. The molecule has 2 aromatic carbocycles. The number of nitrogens with two attached hydrogens (primary N) is 1. The maximum absolute atomic E-state index is 10.1. The Kier molecular flexibility index (Phi) is 3.83. The normalized spacial score (nSPS) is 22.5. The second-order valence-corrected chi connectivity index (χ2v) is 6.26. The lowest BCUT2D eigenvalue weighted by Crippen LogP contribution is -2.43. The molecular weight excluding hydrogens is 280 g/mol. The Bertz CT molecular complexity index is 686. The van der Waals surface area contributed by atoms with Gasteiger partial charge in [0.25, 0.3) is 0 Å². The van der Waals surface area contributed by atoms with Gasteiger partial charge >= 0.3 is 0 Å². The Balaban J connectivity index is 2.08. The Morgan fingerprint density at radius 2 is 1.95 bits per heavy atom. The fourth-order valence-corrected chi connectivity index (χ4v) is 3.22. The molecule has 1 saturated heterocycles. The van der Waals surface area contributed by atoms with Gasteiger partial charge in [0.1, 0.15) is 4.99 Å². The van der Waals surface area contributed by atoms with Crippen molar-refractivity contribution in [2.75, 3.05) is 18.0 Å². The van der Waals surface area contributed by atoms with E-state index in [0.29, 0.717) is 17.5 Å². The molecule has 3 N–H and O–H groups in total. The smallest absolute Gasteiger partial charge is 0.104 e. The van der Waals surface area contributed by atoms with Crippen LogP contribution >= 0.6 is 12.2 Å². The monoisotopic (exact) mass is 300 g/mol. The Morgan fingerprint density at radius 3 is 2.62 bits per heavy atom. The van der Waals surface area contributed by atoms with E-state index in [9.17, 15) is 5.11 Å². The van der Waals surface area contributed by atoms with E-state index < -0.39 is 0 Å². The zero-order valence-electron chi connectivity index (χ0n) is 12.1. The Morgan fingerprint density at radius 1 is 1.24 bits per heavy atom. The second kappa shape index (κ2) is 5.62. The summed E-state index contributed by atoms with van der Waals surface area (Å²) in [4.78, 5) is 2.68. The first kappa shape index (κ1) is 14.3. The fraction of sp³-hybridized carbons (Fsp3) is 0.353.